The normalized spacial score (nSPS) is 17.8. The maximum Gasteiger partial charge on any atom is 0.253 e. The van der Waals surface area contributed by atoms with Gasteiger partial charge in [-0.3, -0.25) is 9.59 Å². The van der Waals surface area contributed by atoms with Crippen molar-refractivity contribution in [2.24, 2.45) is 0 Å². The zero-order valence-electron chi connectivity index (χ0n) is 15.3. The number of likely N-dealkylation sites (tertiary alicyclic amines) is 1. The van der Waals surface area contributed by atoms with Gasteiger partial charge in [-0.2, -0.15) is 0 Å². The maximum atomic E-state index is 13.4. The van der Waals surface area contributed by atoms with Gasteiger partial charge in [-0.25, -0.2) is 8.78 Å². The minimum absolute atomic E-state index is 0.00397. The second kappa shape index (κ2) is 6.89. The van der Waals surface area contributed by atoms with Crippen LogP contribution < -0.4 is 9.47 Å². The van der Waals surface area contributed by atoms with Crippen molar-refractivity contribution in [3.05, 3.63) is 59.2 Å². The third-order valence-corrected chi connectivity index (χ3v) is 5.43. The Bertz CT molecular complexity index is 951. The van der Waals surface area contributed by atoms with Gasteiger partial charge in [0.15, 0.2) is 17.4 Å². The average molecular weight is 387 g/mol. The Morgan fingerprint density at radius 1 is 1.11 bits per heavy atom. The zero-order chi connectivity index (χ0) is 19.9. The van der Waals surface area contributed by atoms with Crippen LogP contribution in [0.5, 0.6) is 11.5 Å². The second-order valence-corrected chi connectivity index (χ2v) is 7.17. The molecule has 2 aromatic rings. The third-order valence-electron chi connectivity index (χ3n) is 5.43. The highest BCUT2D eigenvalue weighted by molar-refractivity contribution is 6.00. The number of halogens is 2. The highest BCUT2D eigenvalue weighted by Crippen LogP contribution is 2.40. The summed E-state index contributed by atoms with van der Waals surface area (Å²) in [6, 6.07) is 8.25. The molecule has 1 fully saturated rings. The first kappa shape index (κ1) is 18.4. The first-order valence-electron chi connectivity index (χ1n) is 9.05. The van der Waals surface area contributed by atoms with Crippen LogP contribution in [0.15, 0.2) is 36.4 Å². The van der Waals surface area contributed by atoms with Crippen LogP contribution in [-0.4, -0.2) is 42.4 Å². The van der Waals surface area contributed by atoms with Gasteiger partial charge in [0.1, 0.15) is 17.1 Å². The Labute approximate surface area is 160 Å². The number of piperidine rings is 1. The first-order chi connectivity index (χ1) is 13.4. The Balaban J connectivity index is 1.49. The van der Waals surface area contributed by atoms with Crippen LogP contribution in [0.25, 0.3) is 0 Å². The molecular weight excluding hydrogens is 368 g/mol. The van der Waals surface area contributed by atoms with Crippen molar-refractivity contribution in [2.75, 3.05) is 20.2 Å². The molecule has 5 nitrogen and oxygen atoms in total. The van der Waals surface area contributed by atoms with Crippen molar-refractivity contribution in [1.29, 1.82) is 0 Å². The molecule has 0 aromatic heterocycles. The van der Waals surface area contributed by atoms with Crippen LogP contribution in [0.4, 0.5) is 8.78 Å². The Kier molecular flexibility index (Phi) is 4.53. The Morgan fingerprint density at radius 2 is 1.86 bits per heavy atom. The third kappa shape index (κ3) is 3.21. The van der Waals surface area contributed by atoms with Crippen molar-refractivity contribution < 1.29 is 27.8 Å². The summed E-state index contributed by atoms with van der Waals surface area (Å²) in [5.41, 5.74) is -0.0290. The number of Topliss-reactive ketones (excluding diaryl/α,β-unsaturated/α-hetero) is 1. The van der Waals surface area contributed by atoms with E-state index < -0.39 is 17.2 Å². The van der Waals surface area contributed by atoms with Gasteiger partial charge in [-0.1, -0.05) is 0 Å². The van der Waals surface area contributed by atoms with Crippen molar-refractivity contribution in [3.8, 4) is 11.5 Å². The summed E-state index contributed by atoms with van der Waals surface area (Å²) in [6.07, 6.45) is 1.20. The summed E-state index contributed by atoms with van der Waals surface area (Å²) in [5, 5.41) is 0. The highest BCUT2D eigenvalue weighted by atomic mass is 19.2. The lowest BCUT2D eigenvalue weighted by Crippen LogP contribution is -2.52. The molecular formula is C21H19F2NO4. The fourth-order valence-electron chi connectivity index (χ4n) is 3.81. The summed E-state index contributed by atoms with van der Waals surface area (Å²) in [4.78, 5) is 26.8. The number of fused-ring (bicyclic) bond motifs is 1. The van der Waals surface area contributed by atoms with Crippen LogP contribution in [0.3, 0.4) is 0 Å². The predicted molar refractivity (Wildman–Crippen MR) is 96.8 cm³/mol. The van der Waals surface area contributed by atoms with Crippen molar-refractivity contribution in [3.63, 3.8) is 0 Å². The predicted octanol–water partition coefficient (Wildman–Crippen LogP) is 3.61. The fraction of sp³-hybridized carbons (Fsp3) is 0.333. The van der Waals surface area contributed by atoms with Gasteiger partial charge in [0.25, 0.3) is 5.91 Å². The highest BCUT2D eigenvalue weighted by Gasteiger charge is 2.43. The first-order valence-corrected chi connectivity index (χ1v) is 9.05. The van der Waals surface area contributed by atoms with Crippen molar-refractivity contribution in [1.82, 2.24) is 4.90 Å². The average Bonchev–Trinajstić information content (AvgIpc) is 2.69. The number of benzene rings is 2. The van der Waals surface area contributed by atoms with E-state index in [1.54, 1.807) is 30.2 Å². The summed E-state index contributed by atoms with van der Waals surface area (Å²) in [7, 11) is 1.55. The molecule has 0 saturated carbocycles. The van der Waals surface area contributed by atoms with E-state index in [1.807, 2.05) is 0 Å². The molecule has 0 atom stereocenters. The lowest BCUT2D eigenvalue weighted by Gasteiger charge is -2.44. The minimum atomic E-state index is -1.05. The molecule has 28 heavy (non-hydrogen) atoms. The maximum absolute atomic E-state index is 13.4. The quantitative estimate of drug-likeness (QED) is 0.790. The molecule has 0 N–H and O–H groups in total. The number of ketones is 1. The number of hydrogen-bond acceptors (Lipinski definition) is 4. The number of rotatable bonds is 2. The van der Waals surface area contributed by atoms with Crippen LogP contribution in [0.2, 0.25) is 0 Å². The standard InChI is InChI=1S/C21H19F2NO4/c1-27-14-3-4-15-18(25)12-21(28-19(15)11-14)6-8-24(9-7-21)20(26)13-2-5-16(22)17(23)10-13/h2-5,10-11H,6-9,12H2,1H3. The molecule has 1 spiro atoms. The molecule has 146 valence electrons. The lowest BCUT2D eigenvalue weighted by atomic mass is 9.82. The molecule has 0 aliphatic carbocycles. The van der Waals surface area contributed by atoms with Gasteiger partial charge >= 0.3 is 0 Å². The van der Waals surface area contributed by atoms with Gasteiger partial charge in [0, 0.05) is 37.6 Å². The largest absolute Gasteiger partial charge is 0.497 e. The molecule has 2 aromatic carbocycles. The fourth-order valence-corrected chi connectivity index (χ4v) is 3.81. The second-order valence-electron chi connectivity index (χ2n) is 7.17. The van der Waals surface area contributed by atoms with E-state index in [2.05, 4.69) is 0 Å². The van der Waals surface area contributed by atoms with E-state index in [-0.39, 0.29) is 23.7 Å². The summed E-state index contributed by atoms with van der Waals surface area (Å²) in [5.74, 6) is -1.30. The number of carbonyl (C=O) groups is 2. The van der Waals surface area contributed by atoms with E-state index >= 15 is 0 Å². The van der Waals surface area contributed by atoms with E-state index in [1.165, 1.54) is 6.07 Å². The molecule has 2 aliphatic rings. The van der Waals surface area contributed by atoms with Crippen molar-refractivity contribution in [2.45, 2.75) is 24.9 Å². The van der Waals surface area contributed by atoms with Gasteiger partial charge in [-0.15, -0.1) is 0 Å². The number of carbonyl (C=O) groups excluding carboxylic acids is 2. The van der Waals surface area contributed by atoms with Gasteiger partial charge < -0.3 is 14.4 Å². The topological polar surface area (TPSA) is 55.8 Å². The monoisotopic (exact) mass is 387 g/mol. The number of ether oxygens (including phenoxy) is 2. The smallest absolute Gasteiger partial charge is 0.253 e. The van der Waals surface area contributed by atoms with Crippen LogP contribution in [0.1, 0.15) is 40.0 Å². The summed E-state index contributed by atoms with van der Waals surface area (Å²) in [6.45, 7) is 0.731. The summed E-state index contributed by atoms with van der Waals surface area (Å²) < 4.78 is 37.9. The molecule has 0 bridgehead atoms. The van der Waals surface area contributed by atoms with Gasteiger partial charge in [0.2, 0.25) is 0 Å². The van der Waals surface area contributed by atoms with Crippen LogP contribution in [0, 0.1) is 11.6 Å². The number of nitrogens with zero attached hydrogens (tertiary/aromatic N) is 1. The lowest BCUT2D eigenvalue weighted by molar-refractivity contribution is -0.00582. The SMILES string of the molecule is COc1ccc2c(c1)OC1(CCN(C(=O)c3ccc(F)c(F)c3)CC1)CC2=O. The van der Waals surface area contributed by atoms with E-state index in [0.717, 1.165) is 12.1 Å². The Morgan fingerprint density at radius 3 is 2.54 bits per heavy atom. The minimum Gasteiger partial charge on any atom is -0.497 e. The number of hydrogen-bond donors (Lipinski definition) is 0. The number of methoxy groups -OCH3 is 1. The molecule has 2 heterocycles. The van der Waals surface area contributed by atoms with E-state index in [0.29, 0.717) is 43.0 Å². The molecule has 1 amide bonds. The van der Waals surface area contributed by atoms with Gasteiger partial charge in [-0.05, 0) is 30.3 Å². The van der Waals surface area contributed by atoms with Gasteiger partial charge in [0.05, 0.1) is 19.1 Å². The zero-order valence-corrected chi connectivity index (χ0v) is 15.3. The van der Waals surface area contributed by atoms with Crippen LogP contribution >= 0.6 is 0 Å². The molecule has 1 saturated heterocycles. The summed E-state index contributed by atoms with van der Waals surface area (Å²) >= 11 is 0. The van der Waals surface area contributed by atoms with E-state index in [4.69, 9.17) is 9.47 Å². The molecule has 4 rings (SSSR count). The molecule has 7 heteroatoms. The molecule has 0 unspecified atom stereocenters. The van der Waals surface area contributed by atoms with Crippen LogP contribution in [-0.2, 0) is 0 Å². The molecule has 2 aliphatic heterocycles. The van der Waals surface area contributed by atoms with E-state index in [9.17, 15) is 18.4 Å². The number of amides is 1. The Hall–Kier alpha value is -2.96. The molecule has 0 radical (unpaired) electrons. The van der Waals surface area contributed by atoms with Crippen molar-refractivity contribution >= 4 is 11.7 Å².